The van der Waals surface area contributed by atoms with Gasteiger partial charge in [0.2, 0.25) is 0 Å². The standard InChI is InChI=1S/C17H16N4S/c1-5-18-6-2-14(1)17-19-9-15-11-21(7-3-16(15)20-17)10-13-4-8-22-12-13/h1-2,4-6,8-9,12H,3,7,10-11H2. The van der Waals surface area contributed by atoms with E-state index in [9.17, 15) is 0 Å². The summed E-state index contributed by atoms with van der Waals surface area (Å²) in [4.78, 5) is 15.8. The highest BCUT2D eigenvalue weighted by Crippen LogP contribution is 2.22. The molecule has 3 aromatic rings. The smallest absolute Gasteiger partial charge is 0.159 e. The number of pyridine rings is 1. The maximum atomic E-state index is 4.75. The first-order valence-corrected chi connectivity index (χ1v) is 8.31. The Hall–Kier alpha value is -2.11. The molecule has 5 heteroatoms. The van der Waals surface area contributed by atoms with Crippen LogP contribution in [0, 0.1) is 0 Å². The zero-order valence-electron chi connectivity index (χ0n) is 12.1. The van der Waals surface area contributed by atoms with Gasteiger partial charge in [-0.25, -0.2) is 9.97 Å². The lowest BCUT2D eigenvalue weighted by Gasteiger charge is -2.27. The second-order valence-corrected chi connectivity index (χ2v) is 6.27. The van der Waals surface area contributed by atoms with Crippen molar-refractivity contribution in [3.8, 4) is 11.4 Å². The van der Waals surface area contributed by atoms with Gasteiger partial charge in [-0.05, 0) is 34.5 Å². The van der Waals surface area contributed by atoms with E-state index in [0.29, 0.717) is 0 Å². The van der Waals surface area contributed by atoms with Crippen LogP contribution >= 0.6 is 11.3 Å². The number of hydrogen-bond acceptors (Lipinski definition) is 5. The average Bonchev–Trinajstić information content (AvgIpc) is 3.08. The van der Waals surface area contributed by atoms with Gasteiger partial charge in [0, 0.05) is 55.8 Å². The minimum Gasteiger partial charge on any atom is -0.294 e. The molecule has 0 saturated carbocycles. The fourth-order valence-electron chi connectivity index (χ4n) is 2.79. The molecule has 0 fully saturated rings. The molecule has 0 bridgehead atoms. The van der Waals surface area contributed by atoms with Crippen LogP contribution in [0.4, 0.5) is 0 Å². The number of fused-ring (bicyclic) bond motifs is 1. The van der Waals surface area contributed by atoms with Crippen molar-refractivity contribution in [2.45, 2.75) is 19.5 Å². The van der Waals surface area contributed by atoms with Gasteiger partial charge in [0.15, 0.2) is 5.82 Å². The minimum atomic E-state index is 0.799. The van der Waals surface area contributed by atoms with Gasteiger partial charge in [-0.1, -0.05) is 0 Å². The van der Waals surface area contributed by atoms with E-state index < -0.39 is 0 Å². The predicted octanol–water partition coefficient (Wildman–Crippen LogP) is 3.16. The second kappa shape index (κ2) is 5.94. The maximum Gasteiger partial charge on any atom is 0.159 e. The number of thiophene rings is 1. The number of rotatable bonds is 3. The van der Waals surface area contributed by atoms with E-state index >= 15 is 0 Å². The maximum absolute atomic E-state index is 4.75. The Morgan fingerprint density at radius 2 is 2.09 bits per heavy atom. The van der Waals surface area contributed by atoms with Crippen LogP contribution in [-0.4, -0.2) is 26.4 Å². The first kappa shape index (κ1) is 13.5. The average molecular weight is 308 g/mol. The first-order chi connectivity index (χ1) is 10.9. The van der Waals surface area contributed by atoms with E-state index in [2.05, 4.69) is 31.7 Å². The summed E-state index contributed by atoms with van der Waals surface area (Å²) in [7, 11) is 0. The molecule has 22 heavy (non-hydrogen) atoms. The summed E-state index contributed by atoms with van der Waals surface area (Å²) in [5, 5.41) is 4.36. The van der Waals surface area contributed by atoms with Gasteiger partial charge in [0.1, 0.15) is 0 Å². The Labute approximate surface area is 133 Å². The van der Waals surface area contributed by atoms with Gasteiger partial charge >= 0.3 is 0 Å². The molecule has 4 heterocycles. The lowest BCUT2D eigenvalue weighted by Crippen LogP contribution is -2.30. The molecule has 1 aliphatic heterocycles. The zero-order valence-corrected chi connectivity index (χ0v) is 13.0. The molecule has 0 saturated heterocycles. The summed E-state index contributed by atoms with van der Waals surface area (Å²) >= 11 is 1.76. The fraction of sp³-hybridized carbons (Fsp3) is 0.235. The molecule has 110 valence electrons. The van der Waals surface area contributed by atoms with Crippen LogP contribution in [0.3, 0.4) is 0 Å². The van der Waals surface area contributed by atoms with Gasteiger partial charge in [-0.15, -0.1) is 0 Å². The fourth-order valence-corrected chi connectivity index (χ4v) is 3.45. The van der Waals surface area contributed by atoms with Crippen molar-refractivity contribution in [1.82, 2.24) is 19.9 Å². The molecule has 3 aromatic heterocycles. The van der Waals surface area contributed by atoms with Crippen molar-refractivity contribution in [3.63, 3.8) is 0 Å². The van der Waals surface area contributed by atoms with Crippen molar-refractivity contribution in [2.75, 3.05) is 6.54 Å². The molecule has 0 atom stereocenters. The molecule has 1 aliphatic rings. The van der Waals surface area contributed by atoms with Crippen molar-refractivity contribution in [2.24, 2.45) is 0 Å². The lowest BCUT2D eigenvalue weighted by atomic mass is 10.1. The molecule has 0 aromatic carbocycles. The Bertz CT molecular complexity index is 756. The molecule has 4 rings (SSSR count). The van der Waals surface area contributed by atoms with Gasteiger partial charge in [-0.2, -0.15) is 11.3 Å². The first-order valence-electron chi connectivity index (χ1n) is 7.37. The molecule has 0 N–H and O–H groups in total. The normalized spacial score (nSPS) is 14.7. The van der Waals surface area contributed by atoms with Gasteiger partial charge < -0.3 is 0 Å². The molecule has 0 unspecified atom stereocenters. The second-order valence-electron chi connectivity index (χ2n) is 5.49. The van der Waals surface area contributed by atoms with E-state index in [0.717, 1.165) is 37.4 Å². The molecular formula is C17H16N4S. The molecule has 0 spiro atoms. The molecule has 0 radical (unpaired) electrons. The van der Waals surface area contributed by atoms with Crippen molar-refractivity contribution < 1.29 is 0 Å². The Morgan fingerprint density at radius 3 is 2.91 bits per heavy atom. The summed E-state index contributed by atoms with van der Waals surface area (Å²) in [6.45, 7) is 2.99. The van der Waals surface area contributed by atoms with E-state index in [-0.39, 0.29) is 0 Å². The van der Waals surface area contributed by atoms with Crippen LogP contribution < -0.4 is 0 Å². The Morgan fingerprint density at radius 1 is 1.18 bits per heavy atom. The highest BCUT2D eigenvalue weighted by Gasteiger charge is 2.18. The number of hydrogen-bond donors (Lipinski definition) is 0. The summed E-state index contributed by atoms with van der Waals surface area (Å²) in [5.74, 6) is 0.799. The van der Waals surface area contributed by atoms with Crippen molar-refractivity contribution in [1.29, 1.82) is 0 Å². The van der Waals surface area contributed by atoms with Crippen LogP contribution in [0.1, 0.15) is 16.8 Å². The van der Waals surface area contributed by atoms with Gasteiger partial charge in [0.05, 0.1) is 5.69 Å². The quantitative estimate of drug-likeness (QED) is 0.745. The highest BCUT2D eigenvalue weighted by atomic mass is 32.1. The van der Waals surface area contributed by atoms with Crippen LogP contribution in [0.25, 0.3) is 11.4 Å². The van der Waals surface area contributed by atoms with Gasteiger partial charge in [0.25, 0.3) is 0 Å². The van der Waals surface area contributed by atoms with Crippen molar-refractivity contribution in [3.05, 3.63) is 64.4 Å². The monoisotopic (exact) mass is 308 g/mol. The lowest BCUT2D eigenvalue weighted by molar-refractivity contribution is 0.243. The van der Waals surface area contributed by atoms with Gasteiger partial charge in [-0.3, -0.25) is 9.88 Å². The summed E-state index contributed by atoms with van der Waals surface area (Å²) in [6.07, 6.45) is 6.53. The predicted molar refractivity (Wildman–Crippen MR) is 87.4 cm³/mol. The van der Waals surface area contributed by atoms with E-state index in [1.807, 2.05) is 18.3 Å². The summed E-state index contributed by atoms with van der Waals surface area (Å²) < 4.78 is 0. The van der Waals surface area contributed by atoms with Crippen LogP contribution in [-0.2, 0) is 19.5 Å². The summed E-state index contributed by atoms with van der Waals surface area (Å²) in [6, 6.07) is 6.10. The van der Waals surface area contributed by atoms with E-state index in [1.165, 1.54) is 16.8 Å². The molecular weight excluding hydrogens is 292 g/mol. The highest BCUT2D eigenvalue weighted by molar-refractivity contribution is 7.07. The van der Waals surface area contributed by atoms with Crippen LogP contribution in [0.5, 0.6) is 0 Å². The minimum absolute atomic E-state index is 0.799. The molecule has 0 amide bonds. The SMILES string of the molecule is c1cc(-c2ncc3c(n2)CCN(Cc2ccsc2)C3)ccn1. The number of nitrogens with zero attached hydrogens (tertiary/aromatic N) is 4. The molecule has 0 aliphatic carbocycles. The number of aromatic nitrogens is 3. The largest absolute Gasteiger partial charge is 0.294 e. The Balaban J connectivity index is 1.54. The topological polar surface area (TPSA) is 41.9 Å². The third kappa shape index (κ3) is 2.77. The summed E-state index contributed by atoms with van der Waals surface area (Å²) in [5.41, 5.74) is 4.85. The van der Waals surface area contributed by atoms with Crippen LogP contribution in [0.2, 0.25) is 0 Å². The Kier molecular flexibility index (Phi) is 3.66. The van der Waals surface area contributed by atoms with Crippen molar-refractivity contribution >= 4 is 11.3 Å². The van der Waals surface area contributed by atoms with Crippen LogP contribution in [0.15, 0.2) is 47.5 Å². The molecule has 4 nitrogen and oxygen atoms in total. The third-order valence-electron chi connectivity index (χ3n) is 3.94. The van der Waals surface area contributed by atoms with E-state index in [1.54, 1.807) is 23.7 Å². The zero-order chi connectivity index (χ0) is 14.8. The third-order valence-corrected chi connectivity index (χ3v) is 4.67. The van der Waals surface area contributed by atoms with E-state index in [4.69, 9.17) is 4.98 Å².